The molecule has 0 amide bonds. The molecule has 1 aromatic heterocycles. The molecule has 0 saturated carbocycles. The lowest BCUT2D eigenvalue weighted by Gasteiger charge is -2.17. The third-order valence-electron chi connectivity index (χ3n) is 3.52. The summed E-state index contributed by atoms with van der Waals surface area (Å²) in [5.74, 6) is -0.525. The Morgan fingerprint density at radius 3 is 2.65 bits per heavy atom. The molecule has 2 rings (SSSR count). The first-order valence-corrected chi connectivity index (χ1v) is 8.53. The lowest BCUT2D eigenvalue weighted by Crippen LogP contribution is -2.33. The number of sulfonamides is 1. The van der Waals surface area contributed by atoms with Crippen LogP contribution in [0.25, 0.3) is 0 Å². The van der Waals surface area contributed by atoms with Crippen LogP contribution in [0.1, 0.15) is 22.2 Å². The standard InChI is InChI=1S/C12H18N2O4S2/c1-7-4-14(5-9(7)13)20(16,17)11-8(2)6-19-10(11)12(15)18-3/h6-7,9H,4-5,13H2,1-3H3. The number of aryl methyl sites for hydroxylation is 1. The largest absolute Gasteiger partial charge is 0.465 e. The molecule has 1 aromatic rings. The minimum atomic E-state index is -3.71. The Morgan fingerprint density at radius 2 is 2.15 bits per heavy atom. The van der Waals surface area contributed by atoms with Crippen molar-refractivity contribution in [3.05, 3.63) is 15.8 Å². The Morgan fingerprint density at radius 1 is 1.50 bits per heavy atom. The van der Waals surface area contributed by atoms with Crippen LogP contribution in [0.4, 0.5) is 0 Å². The van der Waals surface area contributed by atoms with Crippen LogP contribution in [0.3, 0.4) is 0 Å². The molecule has 0 spiro atoms. The summed E-state index contributed by atoms with van der Waals surface area (Å²) in [5.41, 5.74) is 6.44. The molecule has 1 aliphatic rings. The van der Waals surface area contributed by atoms with Gasteiger partial charge in [-0.3, -0.25) is 0 Å². The molecule has 0 aliphatic carbocycles. The van der Waals surface area contributed by atoms with E-state index in [1.54, 1.807) is 12.3 Å². The van der Waals surface area contributed by atoms with Gasteiger partial charge in [0.1, 0.15) is 9.77 Å². The van der Waals surface area contributed by atoms with E-state index in [1.165, 1.54) is 11.4 Å². The highest BCUT2D eigenvalue weighted by Gasteiger charge is 2.38. The third-order valence-corrected chi connectivity index (χ3v) is 6.75. The molecule has 1 saturated heterocycles. The Bertz CT molecular complexity index is 613. The fraction of sp³-hybridized carbons (Fsp3) is 0.583. The highest BCUT2D eigenvalue weighted by atomic mass is 32.2. The number of ether oxygens (including phenoxy) is 1. The number of rotatable bonds is 3. The van der Waals surface area contributed by atoms with Crippen LogP contribution >= 0.6 is 11.3 Å². The van der Waals surface area contributed by atoms with Gasteiger partial charge in [-0.1, -0.05) is 6.92 Å². The van der Waals surface area contributed by atoms with Crippen LogP contribution in [-0.4, -0.2) is 44.9 Å². The van der Waals surface area contributed by atoms with E-state index in [9.17, 15) is 13.2 Å². The van der Waals surface area contributed by atoms with Crippen LogP contribution in [0.5, 0.6) is 0 Å². The number of thiophene rings is 1. The van der Waals surface area contributed by atoms with Crippen molar-refractivity contribution in [3.63, 3.8) is 0 Å². The summed E-state index contributed by atoms with van der Waals surface area (Å²) in [7, 11) is -2.48. The smallest absolute Gasteiger partial charge is 0.349 e. The summed E-state index contributed by atoms with van der Waals surface area (Å²) in [5, 5.41) is 1.65. The van der Waals surface area contributed by atoms with Crippen molar-refractivity contribution >= 4 is 27.3 Å². The summed E-state index contributed by atoms with van der Waals surface area (Å²) in [6.07, 6.45) is 0. The first-order chi connectivity index (χ1) is 9.28. The molecule has 1 fully saturated rings. The number of esters is 1. The maximum atomic E-state index is 12.7. The topological polar surface area (TPSA) is 89.7 Å². The SMILES string of the molecule is COC(=O)c1scc(C)c1S(=O)(=O)N1CC(C)C(N)C1. The van der Waals surface area contributed by atoms with E-state index < -0.39 is 16.0 Å². The van der Waals surface area contributed by atoms with E-state index in [0.717, 1.165) is 11.3 Å². The van der Waals surface area contributed by atoms with Gasteiger partial charge in [-0.15, -0.1) is 11.3 Å². The zero-order valence-corrected chi connectivity index (χ0v) is 13.3. The van der Waals surface area contributed by atoms with E-state index in [2.05, 4.69) is 4.74 Å². The van der Waals surface area contributed by atoms with Gasteiger partial charge >= 0.3 is 5.97 Å². The van der Waals surface area contributed by atoms with Gasteiger partial charge in [0.15, 0.2) is 0 Å². The average Bonchev–Trinajstić information content (AvgIpc) is 2.93. The van der Waals surface area contributed by atoms with Crippen molar-refractivity contribution in [1.29, 1.82) is 0 Å². The molecule has 2 atom stereocenters. The predicted octanol–water partition coefficient (Wildman–Crippen LogP) is 0.811. The second kappa shape index (κ2) is 5.44. The molecular weight excluding hydrogens is 300 g/mol. The van der Waals surface area contributed by atoms with Crippen molar-refractivity contribution in [3.8, 4) is 0 Å². The quantitative estimate of drug-likeness (QED) is 0.833. The molecule has 112 valence electrons. The van der Waals surface area contributed by atoms with Crippen LogP contribution in [0.15, 0.2) is 10.3 Å². The zero-order valence-electron chi connectivity index (χ0n) is 11.6. The van der Waals surface area contributed by atoms with Gasteiger partial charge < -0.3 is 10.5 Å². The lowest BCUT2D eigenvalue weighted by atomic mass is 10.1. The summed E-state index contributed by atoms with van der Waals surface area (Å²) in [6.45, 7) is 4.25. The van der Waals surface area contributed by atoms with Crippen LogP contribution in [0.2, 0.25) is 0 Å². The van der Waals surface area contributed by atoms with Gasteiger partial charge in [0.05, 0.1) is 7.11 Å². The molecule has 0 aromatic carbocycles. The molecule has 8 heteroatoms. The maximum absolute atomic E-state index is 12.7. The van der Waals surface area contributed by atoms with E-state index in [4.69, 9.17) is 5.73 Å². The molecule has 2 N–H and O–H groups in total. The molecule has 0 bridgehead atoms. The molecule has 2 heterocycles. The number of nitrogens with zero attached hydrogens (tertiary/aromatic N) is 1. The van der Waals surface area contributed by atoms with Crippen molar-refractivity contribution in [2.75, 3.05) is 20.2 Å². The second-order valence-electron chi connectivity index (χ2n) is 5.03. The van der Waals surface area contributed by atoms with E-state index >= 15 is 0 Å². The Balaban J connectivity index is 2.45. The Labute approximate surface area is 122 Å². The van der Waals surface area contributed by atoms with Crippen LogP contribution < -0.4 is 5.73 Å². The Kier molecular flexibility index (Phi) is 4.19. The molecule has 2 unspecified atom stereocenters. The summed E-state index contributed by atoms with van der Waals surface area (Å²) in [4.78, 5) is 11.9. The first-order valence-electron chi connectivity index (χ1n) is 6.21. The van der Waals surface area contributed by atoms with E-state index in [0.29, 0.717) is 12.1 Å². The minimum Gasteiger partial charge on any atom is -0.465 e. The second-order valence-corrected chi connectivity index (χ2v) is 7.79. The van der Waals surface area contributed by atoms with E-state index in [1.807, 2.05) is 6.92 Å². The van der Waals surface area contributed by atoms with Gasteiger partial charge in [0.25, 0.3) is 0 Å². The highest BCUT2D eigenvalue weighted by Crippen LogP contribution is 2.32. The normalized spacial score (nSPS) is 24.0. The number of hydrogen-bond donors (Lipinski definition) is 1. The first kappa shape index (κ1) is 15.4. The highest BCUT2D eigenvalue weighted by molar-refractivity contribution is 7.89. The summed E-state index contributed by atoms with van der Waals surface area (Å²) >= 11 is 1.08. The van der Waals surface area contributed by atoms with Crippen molar-refractivity contribution in [2.24, 2.45) is 11.7 Å². The summed E-state index contributed by atoms with van der Waals surface area (Å²) in [6, 6.07) is -0.176. The predicted molar refractivity (Wildman–Crippen MR) is 76.3 cm³/mol. The van der Waals surface area contributed by atoms with Gasteiger partial charge in [0.2, 0.25) is 10.0 Å². The minimum absolute atomic E-state index is 0.0515. The van der Waals surface area contributed by atoms with Crippen LogP contribution in [0, 0.1) is 12.8 Å². The monoisotopic (exact) mass is 318 g/mol. The fourth-order valence-corrected chi connectivity index (χ4v) is 5.50. The number of hydrogen-bond acceptors (Lipinski definition) is 6. The number of carbonyl (C=O) groups excluding carboxylic acids is 1. The molecule has 20 heavy (non-hydrogen) atoms. The van der Waals surface area contributed by atoms with Gasteiger partial charge in [0, 0.05) is 19.1 Å². The molecule has 6 nitrogen and oxygen atoms in total. The maximum Gasteiger partial charge on any atom is 0.349 e. The zero-order chi connectivity index (χ0) is 15.1. The van der Waals surface area contributed by atoms with Gasteiger partial charge in [-0.2, -0.15) is 4.31 Å². The molecule has 0 radical (unpaired) electrons. The Hall–Kier alpha value is -0.960. The van der Waals surface area contributed by atoms with Crippen LogP contribution in [-0.2, 0) is 14.8 Å². The van der Waals surface area contributed by atoms with Crippen molar-refractivity contribution in [1.82, 2.24) is 4.31 Å². The average molecular weight is 318 g/mol. The third kappa shape index (κ3) is 2.48. The molecule has 1 aliphatic heterocycles. The number of methoxy groups -OCH3 is 1. The van der Waals surface area contributed by atoms with Gasteiger partial charge in [-0.25, -0.2) is 13.2 Å². The van der Waals surface area contributed by atoms with Crippen molar-refractivity contribution in [2.45, 2.75) is 24.8 Å². The van der Waals surface area contributed by atoms with E-state index in [-0.39, 0.29) is 28.3 Å². The van der Waals surface area contributed by atoms with Gasteiger partial charge in [-0.05, 0) is 23.8 Å². The molecular formula is C12H18N2O4S2. The number of nitrogens with two attached hydrogens (primary N) is 1. The fourth-order valence-electron chi connectivity index (χ4n) is 2.26. The lowest BCUT2D eigenvalue weighted by molar-refractivity contribution is 0.0602. The summed E-state index contributed by atoms with van der Waals surface area (Å²) < 4.78 is 31.4. The number of carbonyl (C=O) groups is 1. The van der Waals surface area contributed by atoms with Crippen molar-refractivity contribution < 1.29 is 17.9 Å².